The molecular weight excluding hydrogens is 342 g/mol. The lowest BCUT2D eigenvalue weighted by molar-refractivity contribution is -0.136. The van der Waals surface area contributed by atoms with E-state index >= 15 is 0 Å². The van der Waals surface area contributed by atoms with E-state index < -0.39 is 0 Å². The highest BCUT2D eigenvalue weighted by Crippen LogP contribution is 2.37. The molecule has 2 saturated heterocycles. The van der Waals surface area contributed by atoms with Crippen molar-refractivity contribution in [1.29, 1.82) is 0 Å². The molecule has 2 fully saturated rings. The van der Waals surface area contributed by atoms with Gasteiger partial charge in [0.15, 0.2) is 0 Å². The van der Waals surface area contributed by atoms with Gasteiger partial charge in [-0.3, -0.25) is 4.79 Å². The lowest BCUT2D eigenvalue weighted by Gasteiger charge is -2.36. The number of ether oxygens (including phenoxy) is 2. The number of carbonyl (C=O) groups is 1. The summed E-state index contributed by atoms with van der Waals surface area (Å²) < 4.78 is 12.1. The maximum atomic E-state index is 13.3. The SMILES string of the molecule is COc1ccc2c(c1)CN(C(=O)[C@H]1CCCN1)C[C@@]1(CCCN(C)CC1)O2. The molecule has 1 spiro atoms. The van der Waals surface area contributed by atoms with Crippen molar-refractivity contribution in [1.82, 2.24) is 15.1 Å². The largest absolute Gasteiger partial charge is 0.497 e. The highest BCUT2D eigenvalue weighted by Gasteiger charge is 2.41. The fraction of sp³-hybridized carbons (Fsp3) is 0.667. The van der Waals surface area contributed by atoms with E-state index in [0.29, 0.717) is 13.1 Å². The van der Waals surface area contributed by atoms with Crippen molar-refractivity contribution in [3.63, 3.8) is 0 Å². The summed E-state index contributed by atoms with van der Waals surface area (Å²) in [5.74, 6) is 1.92. The summed E-state index contributed by atoms with van der Waals surface area (Å²) in [5, 5.41) is 3.37. The molecule has 0 aliphatic carbocycles. The Labute approximate surface area is 161 Å². The average Bonchev–Trinajstić information content (AvgIpc) is 3.08. The predicted molar refractivity (Wildman–Crippen MR) is 104 cm³/mol. The minimum absolute atomic E-state index is 0.0531. The fourth-order valence-corrected chi connectivity index (χ4v) is 4.62. The molecular formula is C21H31N3O3. The summed E-state index contributed by atoms with van der Waals surface area (Å²) >= 11 is 0. The van der Waals surface area contributed by atoms with Crippen LogP contribution in [-0.2, 0) is 11.3 Å². The van der Waals surface area contributed by atoms with Gasteiger partial charge in [0, 0.05) is 25.1 Å². The predicted octanol–water partition coefficient (Wildman–Crippen LogP) is 2.02. The number of benzene rings is 1. The molecule has 3 aliphatic heterocycles. The molecule has 0 radical (unpaired) electrons. The molecule has 3 aliphatic rings. The van der Waals surface area contributed by atoms with Crippen molar-refractivity contribution in [3.8, 4) is 11.5 Å². The summed E-state index contributed by atoms with van der Waals surface area (Å²) in [5.41, 5.74) is 0.731. The second kappa shape index (κ2) is 7.68. The minimum atomic E-state index is -0.307. The summed E-state index contributed by atoms with van der Waals surface area (Å²) in [6, 6.07) is 5.92. The second-order valence-corrected chi connectivity index (χ2v) is 8.26. The van der Waals surface area contributed by atoms with Crippen molar-refractivity contribution in [2.75, 3.05) is 40.3 Å². The summed E-state index contributed by atoms with van der Waals surface area (Å²) in [7, 11) is 3.84. The zero-order valence-corrected chi connectivity index (χ0v) is 16.5. The van der Waals surface area contributed by atoms with E-state index in [4.69, 9.17) is 9.47 Å². The smallest absolute Gasteiger partial charge is 0.240 e. The van der Waals surface area contributed by atoms with Crippen molar-refractivity contribution in [2.24, 2.45) is 0 Å². The van der Waals surface area contributed by atoms with E-state index in [1.807, 2.05) is 23.1 Å². The van der Waals surface area contributed by atoms with Gasteiger partial charge in [-0.05, 0) is 64.0 Å². The Hall–Kier alpha value is -1.79. The summed E-state index contributed by atoms with van der Waals surface area (Å²) in [4.78, 5) is 17.7. The zero-order valence-electron chi connectivity index (χ0n) is 16.5. The Morgan fingerprint density at radius 1 is 1.30 bits per heavy atom. The number of amides is 1. The number of likely N-dealkylation sites (tertiary alicyclic amines) is 1. The van der Waals surface area contributed by atoms with Crippen LogP contribution < -0.4 is 14.8 Å². The van der Waals surface area contributed by atoms with Crippen LogP contribution in [0, 0.1) is 0 Å². The average molecular weight is 373 g/mol. The fourth-order valence-electron chi connectivity index (χ4n) is 4.62. The van der Waals surface area contributed by atoms with Crippen LogP contribution in [0.15, 0.2) is 18.2 Å². The first-order chi connectivity index (χ1) is 13.1. The number of rotatable bonds is 2. The Bertz CT molecular complexity index is 689. The summed E-state index contributed by atoms with van der Waals surface area (Å²) in [6.45, 7) is 4.25. The number of nitrogens with one attached hydrogen (secondary N) is 1. The van der Waals surface area contributed by atoms with E-state index in [1.165, 1.54) is 0 Å². The van der Waals surface area contributed by atoms with Crippen LogP contribution in [0.5, 0.6) is 11.5 Å². The summed E-state index contributed by atoms with van der Waals surface area (Å²) in [6.07, 6.45) is 5.01. The first-order valence-corrected chi connectivity index (χ1v) is 10.2. The van der Waals surface area contributed by atoms with Gasteiger partial charge in [-0.2, -0.15) is 0 Å². The molecule has 6 nitrogen and oxygen atoms in total. The van der Waals surface area contributed by atoms with E-state index in [0.717, 1.165) is 68.8 Å². The molecule has 3 heterocycles. The maximum absolute atomic E-state index is 13.3. The third-order valence-electron chi connectivity index (χ3n) is 6.23. The normalized spacial score (nSPS) is 29.0. The topological polar surface area (TPSA) is 54.0 Å². The number of nitrogens with zero attached hydrogens (tertiary/aromatic N) is 2. The molecule has 0 aromatic heterocycles. The van der Waals surface area contributed by atoms with Crippen LogP contribution in [0.4, 0.5) is 0 Å². The Balaban J connectivity index is 1.67. The van der Waals surface area contributed by atoms with Gasteiger partial charge >= 0.3 is 0 Å². The monoisotopic (exact) mass is 373 g/mol. The van der Waals surface area contributed by atoms with Crippen molar-refractivity contribution in [2.45, 2.75) is 50.3 Å². The molecule has 1 N–H and O–H groups in total. The lowest BCUT2D eigenvalue weighted by atomic mass is 9.93. The Morgan fingerprint density at radius 3 is 2.96 bits per heavy atom. The van der Waals surface area contributed by atoms with Gasteiger partial charge < -0.3 is 24.6 Å². The van der Waals surface area contributed by atoms with Gasteiger partial charge in [0.05, 0.1) is 19.7 Å². The molecule has 2 atom stereocenters. The molecule has 148 valence electrons. The lowest BCUT2D eigenvalue weighted by Crippen LogP contribution is -2.51. The first-order valence-electron chi connectivity index (χ1n) is 10.2. The van der Waals surface area contributed by atoms with E-state index in [1.54, 1.807) is 7.11 Å². The molecule has 0 bridgehead atoms. The maximum Gasteiger partial charge on any atom is 0.240 e. The second-order valence-electron chi connectivity index (χ2n) is 8.26. The number of methoxy groups -OCH3 is 1. The minimum Gasteiger partial charge on any atom is -0.497 e. The van der Waals surface area contributed by atoms with Gasteiger partial charge in [-0.15, -0.1) is 0 Å². The van der Waals surface area contributed by atoms with Gasteiger partial charge in [0.25, 0.3) is 0 Å². The highest BCUT2D eigenvalue weighted by molar-refractivity contribution is 5.82. The molecule has 1 amide bonds. The molecule has 4 rings (SSSR count). The van der Waals surface area contributed by atoms with Crippen molar-refractivity contribution >= 4 is 5.91 Å². The van der Waals surface area contributed by atoms with Gasteiger partial charge in [0.2, 0.25) is 5.91 Å². The first kappa shape index (κ1) is 18.6. The van der Waals surface area contributed by atoms with Gasteiger partial charge in [-0.1, -0.05) is 0 Å². The van der Waals surface area contributed by atoms with Crippen LogP contribution in [0.1, 0.15) is 37.7 Å². The van der Waals surface area contributed by atoms with Crippen LogP contribution in [0.25, 0.3) is 0 Å². The van der Waals surface area contributed by atoms with Crippen LogP contribution in [0.2, 0.25) is 0 Å². The van der Waals surface area contributed by atoms with Crippen LogP contribution in [-0.4, -0.2) is 67.7 Å². The third kappa shape index (κ3) is 3.92. The van der Waals surface area contributed by atoms with Crippen molar-refractivity contribution in [3.05, 3.63) is 23.8 Å². The third-order valence-corrected chi connectivity index (χ3v) is 6.23. The molecule has 0 unspecified atom stereocenters. The van der Waals surface area contributed by atoms with E-state index in [9.17, 15) is 4.79 Å². The molecule has 1 aromatic carbocycles. The molecule has 1 aromatic rings. The van der Waals surface area contributed by atoms with E-state index in [2.05, 4.69) is 17.3 Å². The molecule has 27 heavy (non-hydrogen) atoms. The van der Waals surface area contributed by atoms with Gasteiger partial charge in [-0.25, -0.2) is 0 Å². The Morgan fingerprint density at radius 2 is 2.19 bits per heavy atom. The Kier molecular flexibility index (Phi) is 5.28. The number of hydrogen-bond acceptors (Lipinski definition) is 5. The van der Waals surface area contributed by atoms with Crippen LogP contribution >= 0.6 is 0 Å². The zero-order chi connectivity index (χ0) is 18.9. The number of carbonyl (C=O) groups excluding carboxylic acids is 1. The molecule has 0 saturated carbocycles. The number of hydrogen-bond donors (Lipinski definition) is 1. The standard InChI is InChI=1S/C21H31N3O3/c1-23-11-4-8-21(9-12-23)15-24(20(25)18-5-3-10-22-18)14-16-13-17(26-2)6-7-19(16)27-21/h6-7,13,18,22H,3-5,8-12,14-15H2,1-2H3/t18-,21+/m1/s1. The highest BCUT2D eigenvalue weighted by atomic mass is 16.5. The van der Waals surface area contributed by atoms with Crippen molar-refractivity contribution < 1.29 is 14.3 Å². The quantitative estimate of drug-likeness (QED) is 0.860. The number of fused-ring (bicyclic) bond motifs is 1. The molecule has 6 heteroatoms. The van der Waals surface area contributed by atoms with Crippen LogP contribution in [0.3, 0.4) is 0 Å². The van der Waals surface area contributed by atoms with E-state index in [-0.39, 0.29) is 17.6 Å². The van der Waals surface area contributed by atoms with Gasteiger partial charge in [0.1, 0.15) is 17.1 Å².